The molecule has 0 radical (unpaired) electrons. The lowest BCUT2D eigenvalue weighted by atomic mass is 9.88. The van der Waals surface area contributed by atoms with Crippen LogP contribution in [0.2, 0.25) is 5.02 Å². The molecule has 1 fully saturated rings. The van der Waals surface area contributed by atoms with E-state index in [-0.39, 0.29) is 6.04 Å². The molecule has 0 amide bonds. The van der Waals surface area contributed by atoms with Crippen molar-refractivity contribution in [3.05, 3.63) is 53.1 Å². The van der Waals surface area contributed by atoms with E-state index in [1.54, 1.807) is 14.2 Å². The second-order valence-corrected chi connectivity index (χ2v) is 6.66. The van der Waals surface area contributed by atoms with Gasteiger partial charge in [-0.2, -0.15) is 0 Å². The van der Waals surface area contributed by atoms with Gasteiger partial charge in [0.1, 0.15) is 11.5 Å². The molecule has 2 N–H and O–H groups in total. The average Bonchev–Trinajstić information content (AvgIpc) is 2.61. The van der Waals surface area contributed by atoms with Crippen molar-refractivity contribution in [3.63, 3.8) is 0 Å². The molecule has 0 aliphatic carbocycles. The molecular weight excluding hydrogens is 324 g/mol. The zero-order chi connectivity index (χ0) is 17.1. The van der Waals surface area contributed by atoms with Gasteiger partial charge in [-0.1, -0.05) is 23.7 Å². The fourth-order valence-electron chi connectivity index (χ4n) is 3.30. The predicted octanol–water partition coefficient (Wildman–Crippen LogP) is 3.68. The smallest absolute Gasteiger partial charge is 0.124 e. The molecule has 128 valence electrons. The average molecular weight is 347 g/mol. The molecule has 2 atom stereocenters. The Balaban J connectivity index is 1.86. The lowest BCUT2D eigenvalue weighted by molar-refractivity contribution is 0.393. The summed E-state index contributed by atoms with van der Waals surface area (Å²) in [7, 11) is 3.33. The van der Waals surface area contributed by atoms with Crippen molar-refractivity contribution in [2.45, 2.75) is 18.4 Å². The van der Waals surface area contributed by atoms with Crippen LogP contribution in [-0.2, 0) is 0 Å². The molecule has 2 aromatic carbocycles. The largest absolute Gasteiger partial charge is 0.497 e. The van der Waals surface area contributed by atoms with Crippen LogP contribution in [0.4, 0.5) is 5.69 Å². The van der Waals surface area contributed by atoms with Crippen molar-refractivity contribution in [2.24, 2.45) is 5.73 Å². The van der Waals surface area contributed by atoms with Crippen LogP contribution in [0.25, 0.3) is 0 Å². The quantitative estimate of drug-likeness (QED) is 0.917. The number of ether oxygens (including phenoxy) is 2. The van der Waals surface area contributed by atoms with Crippen LogP contribution in [0.15, 0.2) is 42.5 Å². The third-order valence-electron chi connectivity index (χ3n) is 4.53. The van der Waals surface area contributed by atoms with Gasteiger partial charge in [-0.3, -0.25) is 0 Å². The first-order valence-corrected chi connectivity index (χ1v) is 8.46. The standard InChI is InChI=1S/C19H23ClN2O2/c1-23-18-8-17(9-19(10-18)24-2)22-11-14(7-16(21)12-22)13-3-5-15(20)6-4-13/h3-6,8-10,14,16H,7,11-12,21H2,1-2H3. The summed E-state index contributed by atoms with van der Waals surface area (Å²) in [4.78, 5) is 2.30. The summed E-state index contributed by atoms with van der Waals surface area (Å²) in [5.41, 5.74) is 8.67. The topological polar surface area (TPSA) is 47.7 Å². The van der Waals surface area contributed by atoms with Crippen LogP contribution >= 0.6 is 11.6 Å². The first kappa shape index (κ1) is 16.9. The van der Waals surface area contributed by atoms with E-state index in [1.165, 1.54) is 5.56 Å². The van der Waals surface area contributed by atoms with Gasteiger partial charge in [0, 0.05) is 54.0 Å². The van der Waals surface area contributed by atoms with E-state index in [4.69, 9.17) is 26.8 Å². The SMILES string of the molecule is COc1cc(OC)cc(N2CC(N)CC(c3ccc(Cl)cc3)C2)c1. The van der Waals surface area contributed by atoms with Gasteiger partial charge in [-0.05, 0) is 24.1 Å². The molecule has 0 spiro atoms. The molecular formula is C19H23ClN2O2. The minimum absolute atomic E-state index is 0.122. The van der Waals surface area contributed by atoms with Gasteiger partial charge in [0.25, 0.3) is 0 Å². The Kier molecular flexibility index (Phi) is 5.17. The maximum absolute atomic E-state index is 6.33. The molecule has 1 aliphatic heterocycles. The summed E-state index contributed by atoms with van der Waals surface area (Å²) >= 11 is 6.01. The lowest BCUT2D eigenvalue weighted by Gasteiger charge is -2.38. The number of halogens is 1. The second kappa shape index (κ2) is 7.32. The number of anilines is 1. The molecule has 0 aromatic heterocycles. The van der Waals surface area contributed by atoms with Crippen LogP contribution in [0.3, 0.4) is 0 Å². The van der Waals surface area contributed by atoms with E-state index in [2.05, 4.69) is 17.0 Å². The number of methoxy groups -OCH3 is 2. The molecule has 2 unspecified atom stereocenters. The Morgan fingerprint density at radius 1 is 1.00 bits per heavy atom. The molecule has 2 aromatic rings. The molecule has 4 nitrogen and oxygen atoms in total. The molecule has 0 saturated carbocycles. The van der Waals surface area contributed by atoms with Gasteiger partial charge in [-0.25, -0.2) is 0 Å². The minimum atomic E-state index is 0.122. The van der Waals surface area contributed by atoms with E-state index in [1.807, 2.05) is 30.3 Å². The van der Waals surface area contributed by atoms with Crippen molar-refractivity contribution in [1.29, 1.82) is 0 Å². The minimum Gasteiger partial charge on any atom is -0.497 e. The lowest BCUT2D eigenvalue weighted by Crippen LogP contribution is -2.46. The fraction of sp³-hybridized carbons (Fsp3) is 0.368. The molecule has 24 heavy (non-hydrogen) atoms. The van der Waals surface area contributed by atoms with Crippen LogP contribution in [0.5, 0.6) is 11.5 Å². The van der Waals surface area contributed by atoms with Crippen LogP contribution < -0.4 is 20.1 Å². The molecule has 0 bridgehead atoms. The van der Waals surface area contributed by atoms with Crippen molar-refractivity contribution < 1.29 is 9.47 Å². The first-order chi connectivity index (χ1) is 11.6. The summed E-state index contributed by atoms with van der Waals surface area (Å²) in [5, 5.41) is 0.758. The van der Waals surface area contributed by atoms with E-state index in [0.717, 1.165) is 41.7 Å². The van der Waals surface area contributed by atoms with Crippen molar-refractivity contribution in [1.82, 2.24) is 0 Å². The highest BCUT2D eigenvalue weighted by atomic mass is 35.5. The highest BCUT2D eigenvalue weighted by Crippen LogP contribution is 2.34. The van der Waals surface area contributed by atoms with Gasteiger partial charge >= 0.3 is 0 Å². The van der Waals surface area contributed by atoms with Crippen LogP contribution in [0.1, 0.15) is 17.9 Å². The summed E-state index contributed by atoms with van der Waals surface area (Å²) < 4.78 is 10.8. The van der Waals surface area contributed by atoms with Gasteiger partial charge in [0.05, 0.1) is 14.2 Å². The number of nitrogens with zero attached hydrogens (tertiary/aromatic N) is 1. The summed E-state index contributed by atoms with van der Waals surface area (Å²) in [6.45, 7) is 1.73. The van der Waals surface area contributed by atoms with Crippen molar-refractivity contribution in [2.75, 3.05) is 32.2 Å². The molecule has 1 saturated heterocycles. The number of piperidine rings is 1. The molecule has 5 heteroatoms. The highest BCUT2D eigenvalue weighted by Gasteiger charge is 2.27. The number of rotatable bonds is 4. The zero-order valence-electron chi connectivity index (χ0n) is 14.0. The van der Waals surface area contributed by atoms with Crippen LogP contribution in [-0.4, -0.2) is 33.4 Å². The Labute approximate surface area is 148 Å². The van der Waals surface area contributed by atoms with Crippen LogP contribution in [0, 0.1) is 0 Å². The van der Waals surface area contributed by atoms with Gasteiger partial charge < -0.3 is 20.1 Å². The maximum Gasteiger partial charge on any atom is 0.124 e. The maximum atomic E-state index is 6.33. The summed E-state index contributed by atoms with van der Waals surface area (Å²) in [5.74, 6) is 1.95. The highest BCUT2D eigenvalue weighted by molar-refractivity contribution is 6.30. The fourth-order valence-corrected chi connectivity index (χ4v) is 3.43. The Hall–Kier alpha value is -1.91. The number of benzene rings is 2. The summed E-state index contributed by atoms with van der Waals surface area (Å²) in [6.07, 6.45) is 0.971. The monoisotopic (exact) mass is 346 g/mol. The van der Waals surface area contributed by atoms with E-state index in [9.17, 15) is 0 Å². The predicted molar refractivity (Wildman–Crippen MR) is 98.5 cm³/mol. The molecule has 1 aliphatic rings. The Morgan fingerprint density at radius 2 is 1.62 bits per heavy atom. The number of hydrogen-bond acceptors (Lipinski definition) is 4. The third kappa shape index (κ3) is 3.77. The van der Waals surface area contributed by atoms with E-state index >= 15 is 0 Å². The molecule has 3 rings (SSSR count). The van der Waals surface area contributed by atoms with Gasteiger partial charge in [0.2, 0.25) is 0 Å². The Morgan fingerprint density at radius 3 is 2.21 bits per heavy atom. The third-order valence-corrected chi connectivity index (χ3v) is 4.78. The second-order valence-electron chi connectivity index (χ2n) is 6.22. The zero-order valence-corrected chi connectivity index (χ0v) is 14.8. The number of hydrogen-bond donors (Lipinski definition) is 1. The normalized spacial score (nSPS) is 20.8. The van der Waals surface area contributed by atoms with Crippen molar-refractivity contribution in [3.8, 4) is 11.5 Å². The number of nitrogens with two attached hydrogens (primary N) is 1. The molecule has 1 heterocycles. The van der Waals surface area contributed by atoms with Crippen molar-refractivity contribution >= 4 is 17.3 Å². The van der Waals surface area contributed by atoms with E-state index < -0.39 is 0 Å². The summed E-state index contributed by atoms with van der Waals surface area (Å²) in [6, 6.07) is 14.1. The Bertz CT molecular complexity index is 668. The van der Waals surface area contributed by atoms with Gasteiger partial charge in [-0.15, -0.1) is 0 Å². The first-order valence-electron chi connectivity index (χ1n) is 8.08. The van der Waals surface area contributed by atoms with E-state index in [0.29, 0.717) is 5.92 Å². The van der Waals surface area contributed by atoms with Gasteiger partial charge in [0.15, 0.2) is 0 Å².